The Hall–Kier alpha value is -1.56. The highest BCUT2D eigenvalue weighted by atomic mass is 32.2. The fourth-order valence-corrected chi connectivity index (χ4v) is 3.90. The second kappa shape index (κ2) is 8.51. The van der Waals surface area contributed by atoms with E-state index >= 15 is 0 Å². The van der Waals surface area contributed by atoms with Crippen LogP contribution in [0.3, 0.4) is 0 Å². The molecule has 2 aromatic rings. The predicted molar refractivity (Wildman–Crippen MR) is 100 cm³/mol. The number of hydrogen-bond acceptors (Lipinski definition) is 4. The number of carbonyl (C=O) groups excluding carboxylic acids is 1. The van der Waals surface area contributed by atoms with E-state index in [-0.39, 0.29) is 18.1 Å². The minimum Gasteiger partial charge on any atom is -0.364 e. The van der Waals surface area contributed by atoms with Crippen LogP contribution in [-0.2, 0) is 15.3 Å². The number of hydrogen-bond donors (Lipinski definition) is 2. The Balaban J connectivity index is 1.40. The molecule has 0 aliphatic carbocycles. The molecule has 5 heteroatoms. The zero-order valence-electron chi connectivity index (χ0n) is 13.7. The van der Waals surface area contributed by atoms with Crippen LogP contribution in [0.15, 0.2) is 42.5 Å². The Morgan fingerprint density at radius 3 is 2.88 bits per heavy atom. The average molecular weight is 344 g/mol. The van der Waals surface area contributed by atoms with E-state index in [9.17, 15) is 4.79 Å². The SMILES string of the molecule is NC[C@H]1CC[C@@H](C(=O)NCCSCc2cccc3ccccc23)O1. The zero-order chi connectivity index (χ0) is 16.8. The van der Waals surface area contributed by atoms with Gasteiger partial charge in [-0.3, -0.25) is 4.79 Å². The quantitative estimate of drug-likeness (QED) is 0.758. The van der Waals surface area contributed by atoms with E-state index in [0.29, 0.717) is 13.1 Å². The van der Waals surface area contributed by atoms with Crippen LogP contribution in [-0.4, -0.2) is 37.0 Å². The fourth-order valence-electron chi connectivity index (χ4n) is 3.03. The molecule has 3 rings (SSSR count). The Morgan fingerprint density at radius 2 is 2.04 bits per heavy atom. The molecule has 0 spiro atoms. The van der Waals surface area contributed by atoms with Crippen molar-refractivity contribution in [2.24, 2.45) is 5.73 Å². The van der Waals surface area contributed by atoms with E-state index in [0.717, 1.165) is 24.3 Å². The van der Waals surface area contributed by atoms with Gasteiger partial charge in [-0.2, -0.15) is 11.8 Å². The molecule has 128 valence electrons. The van der Waals surface area contributed by atoms with Crippen molar-refractivity contribution in [1.82, 2.24) is 5.32 Å². The van der Waals surface area contributed by atoms with Crippen molar-refractivity contribution in [2.45, 2.75) is 30.8 Å². The van der Waals surface area contributed by atoms with Crippen LogP contribution in [0.2, 0.25) is 0 Å². The first kappa shape index (κ1) is 17.3. The van der Waals surface area contributed by atoms with Gasteiger partial charge in [0, 0.05) is 24.6 Å². The molecule has 0 unspecified atom stereocenters. The van der Waals surface area contributed by atoms with E-state index in [1.54, 1.807) is 0 Å². The number of nitrogens with one attached hydrogen (secondary N) is 1. The normalized spacial score (nSPS) is 20.4. The van der Waals surface area contributed by atoms with Crippen LogP contribution >= 0.6 is 11.8 Å². The van der Waals surface area contributed by atoms with Crippen LogP contribution in [0.4, 0.5) is 0 Å². The molecule has 1 aliphatic rings. The maximum Gasteiger partial charge on any atom is 0.249 e. The molecule has 0 radical (unpaired) electrons. The van der Waals surface area contributed by atoms with E-state index < -0.39 is 0 Å². The van der Waals surface area contributed by atoms with Crippen molar-refractivity contribution < 1.29 is 9.53 Å². The molecule has 1 aliphatic heterocycles. The highest BCUT2D eigenvalue weighted by Crippen LogP contribution is 2.22. The lowest BCUT2D eigenvalue weighted by Gasteiger charge is -2.12. The Labute approximate surface area is 147 Å². The minimum absolute atomic E-state index is 0.00305. The van der Waals surface area contributed by atoms with Crippen molar-refractivity contribution in [3.8, 4) is 0 Å². The summed E-state index contributed by atoms with van der Waals surface area (Å²) in [6.45, 7) is 1.16. The first-order chi connectivity index (χ1) is 11.8. The number of carbonyl (C=O) groups is 1. The van der Waals surface area contributed by atoms with Gasteiger partial charge in [-0.25, -0.2) is 0 Å². The van der Waals surface area contributed by atoms with Crippen LogP contribution in [0, 0.1) is 0 Å². The summed E-state index contributed by atoms with van der Waals surface area (Å²) >= 11 is 1.84. The summed E-state index contributed by atoms with van der Waals surface area (Å²) in [5.74, 6) is 1.84. The Bertz CT molecular complexity index is 687. The third-order valence-corrected chi connectivity index (χ3v) is 5.35. The Morgan fingerprint density at radius 1 is 1.21 bits per heavy atom. The number of benzene rings is 2. The number of thioether (sulfide) groups is 1. The molecular weight excluding hydrogens is 320 g/mol. The van der Waals surface area contributed by atoms with Gasteiger partial charge in [-0.1, -0.05) is 42.5 Å². The van der Waals surface area contributed by atoms with Crippen LogP contribution < -0.4 is 11.1 Å². The largest absolute Gasteiger partial charge is 0.364 e. The van der Waals surface area contributed by atoms with Crippen molar-refractivity contribution in [3.05, 3.63) is 48.0 Å². The third-order valence-electron chi connectivity index (χ3n) is 4.35. The summed E-state index contributed by atoms with van der Waals surface area (Å²) in [5, 5.41) is 5.55. The number of fused-ring (bicyclic) bond motifs is 1. The molecule has 2 atom stereocenters. The molecule has 1 saturated heterocycles. The standard InChI is InChI=1S/C19H24N2O2S/c20-12-16-8-9-18(23-16)19(22)21-10-11-24-13-15-6-3-5-14-4-1-2-7-17(14)15/h1-7,16,18H,8-13,20H2,(H,21,22)/t16-,18+/m1/s1. The molecule has 1 heterocycles. The lowest BCUT2D eigenvalue weighted by molar-refractivity contribution is -0.131. The first-order valence-corrected chi connectivity index (χ1v) is 9.61. The number of ether oxygens (including phenoxy) is 1. The van der Waals surface area contributed by atoms with Crippen LogP contribution in [0.25, 0.3) is 10.8 Å². The summed E-state index contributed by atoms with van der Waals surface area (Å²) in [6, 6.07) is 14.9. The van der Waals surface area contributed by atoms with Crippen molar-refractivity contribution in [2.75, 3.05) is 18.8 Å². The summed E-state index contributed by atoms with van der Waals surface area (Å²) in [4.78, 5) is 12.0. The highest BCUT2D eigenvalue weighted by molar-refractivity contribution is 7.98. The minimum atomic E-state index is -0.318. The zero-order valence-corrected chi connectivity index (χ0v) is 14.6. The van der Waals surface area contributed by atoms with Gasteiger partial charge in [0.1, 0.15) is 6.10 Å². The van der Waals surface area contributed by atoms with E-state index in [1.807, 2.05) is 11.8 Å². The second-order valence-corrected chi connectivity index (χ2v) is 7.15. The van der Waals surface area contributed by atoms with Gasteiger partial charge in [0.25, 0.3) is 0 Å². The van der Waals surface area contributed by atoms with Gasteiger partial charge in [0.15, 0.2) is 0 Å². The molecule has 2 aromatic carbocycles. The summed E-state index contributed by atoms with van der Waals surface area (Å²) in [7, 11) is 0. The van der Waals surface area contributed by atoms with E-state index in [4.69, 9.17) is 10.5 Å². The van der Waals surface area contributed by atoms with Crippen LogP contribution in [0.1, 0.15) is 18.4 Å². The maximum atomic E-state index is 12.0. The topological polar surface area (TPSA) is 64.4 Å². The highest BCUT2D eigenvalue weighted by Gasteiger charge is 2.29. The average Bonchev–Trinajstić information content (AvgIpc) is 3.11. The van der Waals surface area contributed by atoms with Gasteiger partial charge >= 0.3 is 0 Å². The third kappa shape index (κ3) is 4.29. The molecule has 3 N–H and O–H groups in total. The molecule has 24 heavy (non-hydrogen) atoms. The van der Waals surface area contributed by atoms with E-state index in [2.05, 4.69) is 47.8 Å². The summed E-state index contributed by atoms with van der Waals surface area (Å²) in [5.41, 5.74) is 6.91. The molecule has 1 fully saturated rings. The van der Waals surface area contributed by atoms with Gasteiger partial charge < -0.3 is 15.8 Å². The molecular formula is C19H24N2O2S. The lowest BCUT2D eigenvalue weighted by atomic mass is 10.1. The second-order valence-electron chi connectivity index (χ2n) is 6.04. The number of rotatable bonds is 7. The predicted octanol–water partition coefficient (Wildman–Crippen LogP) is 2.70. The summed E-state index contributed by atoms with van der Waals surface area (Å²) in [6.07, 6.45) is 1.38. The van der Waals surface area contributed by atoms with Crippen molar-refractivity contribution in [1.29, 1.82) is 0 Å². The fraction of sp³-hybridized carbons (Fsp3) is 0.421. The van der Waals surface area contributed by atoms with E-state index in [1.165, 1.54) is 16.3 Å². The maximum absolute atomic E-state index is 12.0. The van der Waals surface area contributed by atoms with Crippen LogP contribution in [0.5, 0.6) is 0 Å². The smallest absolute Gasteiger partial charge is 0.249 e. The molecule has 0 saturated carbocycles. The number of nitrogens with two attached hydrogens (primary N) is 1. The molecule has 0 aromatic heterocycles. The van der Waals surface area contributed by atoms with Crippen molar-refractivity contribution >= 4 is 28.4 Å². The first-order valence-electron chi connectivity index (χ1n) is 8.45. The molecule has 4 nitrogen and oxygen atoms in total. The lowest BCUT2D eigenvalue weighted by Crippen LogP contribution is -2.36. The molecule has 0 bridgehead atoms. The monoisotopic (exact) mass is 344 g/mol. The summed E-state index contributed by atoms with van der Waals surface area (Å²) < 4.78 is 5.60. The van der Waals surface area contributed by atoms with Crippen molar-refractivity contribution in [3.63, 3.8) is 0 Å². The Kier molecular flexibility index (Phi) is 6.12. The van der Waals surface area contributed by atoms with Gasteiger partial charge in [-0.15, -0.1) is 0 Å². The van der Waals surface area contributed by atoms with Gasteiger partial charge in [0.05, 0.1) is 6.10 Å². The number of amides is 1. The molecule has 1 amide bonds. The van der Waals surface area contributed by atoms with Gasteiger partial charge in [-0.05, 0) is 29.2 Å². The van der Waals surface area contributed by atoms with Gasteiger partial charge in [0.2, 0.25) is 5.91 Å².